The third-order valence-corrected chi connectivity index (χ3v) is 6.28. The first-order valence-corrected chi connectivity index (χ1v) is 12.3. The van der Waals surface area contributed by atoms with Crippen molar-refractivity contribution in [2.24, 2.45) is 0 Å². The van der Waals surface area contributed by atoms with Crippen molar-refractivity contribution in [1.29, 1.82) is 0 Å². The first-order chi connectivity index (χ1) is 16.7. The molecule has 0 unspecified atom stereocenters. The molecule has 3 aromatic rings. The summed E-state index contributed by atoms with van der Waals surface area (Å²) in [7, 11) is 1.43. The Morgan fingerprint density at radius 1 is 1.14 bits per heavy atom. The molecule has 2 heterocycles. The van der Waals surface area contributed by atoms with Gasteiger partial charge in [0.25, 0.3) is 5.56 Å². The van der Waals surface area contributed by atoms with Gasteiger partial charge in [-0.15, -0.1) is 0 Å². The maximum atomic E-state index is 14.6. The van der Waals surface area contributed by atoms with Gasteiger partial charge in [0.1, 0.15) is 11.4 Å². The number of benzene rings is 1. The number of methoxy groups -OCH3 is 1. The summed E-state index contributed by atoms with van der Waals surface area (Å²) in [4.78, 5) is 31.9. The van der Waals surface area contributed by atoms with E-state index in [2.05, 4.69) is 4.98 Å². The highest BCUT2D eigenvalue weighted by molar-refractivity contribution is 5.91. The highest BCUT2D eigenvalue weighted by Gasteiger charge is 2.29. The van der Waals surface area contributed by atoms with Gasteiger partial charge < -0.3 is 14.8 Å². The van der Waals surface area contributed by atoms with Crippen LogP contribution in [-0.4, -0.2) is 28.5 Å². The molecule has 4 rings (SSSR count). The van der Waals surface area contributed by atoms with Crippen LogP contribution < -0.4 is 5.56 Å². The quantitative estimate of drug-likeness (QED) is 0.471. The zero-order valence-electron chi connectivity index (χ0n) is 22.1. The fourth-order valence-corrected chi connectivity index (χ4v) is 4.59. The van der Waals surface area contributed by atoms with E-state index in [0.29, 0.717) is 28.8 Å². The number of carbonyl (C=O) groups is 1. The molecule has 7 heteroatoms. The number of pyridine rings is 2. The number of aromatic amines is 1. The molecule has 0 saturated carbocycles. The molecule has 0 bridgehead atoms. The van der Waals surface area contributed by atoms with Crippen molar-refractivity contribution < 1.29 is 19.0 Å². The Morgan fingerprint density at radius 3 is 2.31 bits per heavy atom. The van der Waals surface area contributed by atoms with Gasteiger partial charge in [0.05, 0.1) is 23.5 Å². The number of nitrogens with zero attached hydrogens (tertiary/aromatic N) is 1. The standard InChI is InChI=1S/C24H25FN2O4.2C2H6/c1-12-14-6-5-7-15-13(2)22(26-19(21(14)15)9-18(12)25)20-8-17(24(3,30)11-28)16(10-31-4)23(29)27-20;2*1-2/h8-9,11,30H,5-7,10H2,1-4H3,(H,27,29);2*1-2H3/t24-;;/m1../s1. The number of ether oxygens (including phenoxy) is 1. The van der Waals surface area contributed by atoms with E-state index >= 15 is 0 Å². The Labute approximate surface area is 206 Å². The zero-order chi connectivity index (χ0) is 26.5. The fourth-order valence-electron chi connectivity index (χ4n) is 4.59. The Hall–Kier alpha value is -2.90. The summed E-state index contributed by atoms with van der Waals surface area (Å²) in [5.41, 5.74) is 3.04. The molecule has 1 aliphatic carbocycles. The lowest BCUT2D eigenvalue weighted by Crippen LogP contribution is -2.30. The van der Waals surface area contributed by atoms with Gasteiger partial charge in [-0.1, -0.05) is 27.7 Å². The number of nitrogens with one attached hydrogen (secondary N) is 1. The number of hydrogen-bond donors (Lipinski definition) is 2. The first kappa shape index (κ1) is 28.3. The molecule has 0 amide bonds. The van der Waals surface area contributed by atoms with Gasteiger partial charge >= 0.3 is 0 Å². The van der Waals surface area contributed by atoms with Crippen LogP contribution in [0.25, 0.3) is 22.3 Å². The number of aldehydes is 1. The van der Waals surface area contributed by atoms with E-state index in [-0.39, 0.29) is 23.6 Å². The number of H-pyrrole nitrogens is 1. The van der Waals surface area contributed by atoms with E-state index in [0.717, 1.165) is 41.3 Å². The predicted octanol–water partition coefficient (Wildman–Crippen LogP) is 5.44. The average Bonchev–Trinajstić information content (AvgIpc) is 2.87. The zero-order valence-corrected chi connectivity index (χ0v) is 22.1. The second kappa shape index (κ2) is 11.7. The Morgan fingerprint density at radius 2 is 1.74 bits per heavy atom. The molecule has 2 aromatic heterocycles. The van der Waals surface area contributed by atoms with E-state index in [1.807, 2.05) is 34.6 Å². The summed E-state index contributed by atoms with van der Waals surface area (Å²) < 4.78 is 19.7. The molecule has 0 saturated heterocycles. The van der Waals surface area contributed by atoms with Crippen molar-refractivity contribution in [2.45, 2.75) is 79.9 Å². The van der Waals surface area contributed by atoms with Gasteiger partial charge in [-0.2, -0.15) is 0 Å². The van der Waals surface area contributed by atoms with Crippen molar-refractivity contribution in [3.05, 3.63) is 61.7 Å². The average molecular weight is 485 g/mol. The molecule has 1 atom stereocenters. The van der Waals surface area contributed by atoms with Crippen LogP contribution in [0.1, 0.15) is 74.4 Å². The van der Waals surface area contributed by atoms with Crippen molar-refractivity contribution in [3.8, 4) is 11.4 Å². The van der Waals surface area contributed by atoms with Crippen LogP contribution in [0.3, 0.4) is 0 Å². The molecular weight excluding hydrogens is 447 g/mol. The van der Waals surface area contributed by atoms with E-state index in [1.54, 1.807) is 13.0 Å². The van der Waals surface area contributed by atoms with Crippen LogP contribution in [0.5, 0.6) is 0 Å². The van der Waals surface area contributed by atoms with E-state index in [1.165, 1.54) is 20.1 Å². The predicted molar refractivity (Wildman–Crippen MR) is 138 cm³/mol. The Kier molecular flexibility index (Phi) is 9.46. The minimum Gasteiger partial charge on any atom is -0.380 e. The van der Waals surface area contributed by atoms with Crippen molar-refractivity contribution in [2.75, 3.05) is 7.11 Å². The Balaban J connectivity index is 0.00000103. The summed E-state index contributed by atoms with van der Waals surface area (Å²) in [6.45, 7) is 13.0. The van der Waals surface area contributed by atoms with Crippen molar-refractivity contribution in [1.82, 2.24) is 9.97 Å². The number of aryl methyl sites for hydroxylation is 2. The molecule has 2 N–H and O–H groups in total. The van der Waals surface area contributed by atoms with E-state index in [4.69, 9.17) is 9.72 Å². The third kappa shape index (κ3) is 5.21. The molecule has 35 heavy (non-hydrogen) atoms. The van der Waals surface area contributed by atoms with E-state index in [9.17, 15) is 19.1 Å². The normalized spacial score (nSPS) is 13.8. The molecule has 1 aromatic carbocycles. The summed E-state index contributed by atoms with van der Waals surface area (Å²) in [6.07, 6.45) is 2.94. The first-order valence-electron chi connectivity index (χ1n) is 12.3. The molecule has 190 valence electrons. The lowest BCUT2D eigenvalue weighted by atomic mass is 9.84. The number of rotatable bonds is 5. The summed E-state index contributed by atoms with van der Waals surface area (Å²) in [5, 5.41) is 11.6. The van der Waals surface area contributed by atoms with Gasteiger partial charge in [0.15, 0.2) is 6.29 Å². The number of aliphatic hydroxyl groups is 1. The minimum atomic E-state index is -1.87. The molecule has 0 fully saturated rings. The monoisotopic (exact) mass is 484 g/mol. The minimum absolute atomic E-state index is 0.0574. The summed E-state index contributed by atoms with van der Waals surface area (Å²) in [5.74, 6) is -0.300. The molecule has 1 aliphatic rings. The van der Waals surface area contributed by atoms with Gasteiger partial charge in [-0.3, -0.25) is 9.59 Å². The molecule has 0 spiro atoms. The second-order valence-electron chi connectivity index (χ2n) is 8.38. The largest absolute Gasteiger partial charge is 0.380 e. The maximum absolute atomic E-state index is 14.6. The Bertz CT molecular complexity index is 1280. The number of aromatic nitrogens is 2. The van der Waals surface area contributed by atoms with Gasteiger partial charge in [-0.25, -0.2) is 9.37 Å². The molecular formula is C28H37FN2O4. The van der Waals surface area contributed by atoms with Crippen LogP contribution in [0.4, 0.5) is 4.39 Å². The van der Waals surface area contributed by atoms with Gasteiger partial charge in [0.2, 0.25) is 0 Å². The highest BCUT2D eigenvalue weighted by Crippen LogP contribution is 2.38. The van der Waals surface area contributed by atoms with Gasteiger partial charge in [0, 0.05) is 29.7 Å². The fraction of sp³-hybridized carbons (Fsp3) is 0.464. The number of hydrogen-bond acceptors (Lipinski definition) is 5. The number of halogens is 1. The lowest BCUT2D eigenvalue weighted by Gasteiger charge is -2.24. The van der Waals surface area contributed by atoms with Crippen LogP contribution in [-0.2, 0) is 34.6 Å². The lowest BCUT2D eigenvalue weighted by molar-refractivity contribution is -0.123. The van der Waals surface area contributed by atoms with E-state index < -0.39 is 11.2 Å². The smallest absolute Gasteiger partial charge is 0.254 e. The molecule has 6 nitrogen and oxygen atoms in total. The maximum Gasteiger partial charge on any atom is 0.254 e. The van der Waals surface area contributed by atoms with Crippen molar-refractivity contribution in [3.63, 3.8) is 0 Å². The summed E-state index contributed by atoms with van der Waals surface area (Å²) in [6, 6.07) is 3.00. The van der Waals surface area contributed by atoms with Crippen molar-refractivity contribution >= 4 is 17.2 Å². The van der Waals surface area contributed by atoms with Crippen LogP contribution in [0, 0.1) is 19.7 Å². The third-order valence-electron chi connectivity index (χ3n) is 6.28. The number of carbonyl (C=O) groups excluding carboxylic acids is 1. The molecule has 0 radical (unpaired) electrons. The van der Waals surface area contributed by atoms with Crippen LogP contribution in [0.2, 0.25) is 0 Å². The van der Waals surface area contributed by atoms with Crippen LogP contribution >= 0.6 is 0 Å². The topological polar surface area (TPSA) is 92.3 Å². The van der Waals surface area contributed by atoms with Crippen LogP contribution in [0.15, 0.2) is 16.9 Å². The summed E-state index contributed by atoms with van der Waals surface area (Å²) >= 11 is 0. The second-order valence-corrected chi connectivity index (χ2v) is 8.38. The molecule has 0 aliphatic heterocycles. The SMILES string of the molecule is CC.CC.COCc1c([C@](C)(O)C=O)cc(-c2nc3cc(F)c(C)c4c3c(c2C)CCC4)[nH]c1=O. The highest BCUT2D eigenvalue weighted by atomic mass is 19.1. The van der Waals surface area contributed by atoms with Gasteiger partial charge in [-0.05, 0) is 68.4 Å².